The molecule has 0 aromatic heterocycles. The Kier molecular flexibility index (Phi) is 2.42. The predicted octanol–water partition coefficient (Wildman–Crippen LogP) is 2.17. The molecule has 1 aromatic carbocycles. The first-order valence-electron chi connectivity index (χ1n) is 4.84. The average Bonchev–Trinajstić information content (AvgIpc) is 2.18. The number of methoxy groups -OCH3 is 1. The molecule has 0 bridgehead atoms. The van der Waals surface area contributed by atoms with Gasteiger partial charge < -0.3 is 10.5 Å². The van der Waals surface area contributed by atoms with Crippen molar-refractivity contribution >= 4 is 0 Å². The molecule has 0 radical (unpaired) electrons. The second-order valence-electron chi connectivity index (χ2n) is 3.67. The summed E-state index contributed by atoms with van der Waals surface area (Å²) in [7, 11) is 1.56. The van der Waals surface area contributed by atoms with Gasteiger partial charge in [-0.15, -0.1) is 0 Å². The molecule has 1 aliphatic carbocycles. The molecule has 0 amide bonds. The van der Waals surface area contributed by atoms with Crippen LogP contribution in [0, 0.1) is 5.82 Å². The summed E-state index contributed by atoms with van der Waals surface area (Å²) in [5, 5.41) is 0. The van der Waals surface area contributed by atoms with Crippen LogP contribution in [0.5, 0.6) is 5.75 Å². The molecule has 0 saturated heterocycles. The maximum atomic E-state index is 13.2. The fraction of sp³-hybridized carbons (Fsp3) is 0.455. The summed E-state index contributed by atoms with van der Waals surface area (Å²) < 4.78 is 18.3. The van der Waals surface area contributed by atoms with Gasteiger partial charge in [0, 0.05) is 12.1 Å². The normalized spacial score (nSPS) is 20.4. The number of hydrogen-bond acceptors (Lipinski definition) is 2. The molecule has 2 rings (SSSR count). The van der Waals surface area contributed by atoms with E-state index in [1.165, 1.54) is 12.1 Å². The van der Waals surface area contributed by atoms with E-state index in [1.807, 2.05) is 0 Å². The van der Waals surface area contributed by atoms with Crippen LogP contribution in [-0.2, 0) is 6.42 Å². The van der Waals surface area contributed by atoms with E-state index in [0.717, 1.165) is 30.4 Å². The molecule has 0 spiro atoms. The number of fused-ring (bicyclic) bond motifs is 1. The maximum Gasteiger partial charge on any atom is 0.127 e. The third-order valence-corrected chi connectivity index (χ3v) is 2.77. The summed E-state index contributed by atoms with van der Waals surface area (Å²) >= 11 is 0. The number of ether oxygens (including phenoxy) is 1. The molecule has 1 aliphatic rings. The predicted molar refractivity (Wildman–Crippen MR) is 52.8 cm³/mol. The Bertz CT molecular complexity index is 351. The zero-order chi connectivity index (χ0) is 10.1. The summed E-state index contributed by atoms with van der Waals surface area (Å²) in [6, 6.07) is 2.92. The summed E-state index contributed by atoms with van der Waals surface area (Å²) in [5.74, 6) is 0.369. The van der Waals surface area contributed by atoms with E-state index in [2.05, 4.69) is 0 Å². The molecule has 2 N–H and O–H groups in total. The highest BCUT2D eigenvalue weighted by molar-refractivity contribution is 5.43. The minimum atomic E-state index is -0.266. The monoisotopic (exact) mass is 195 g/mol. The van der Waals surface area contributed by atoms with Crippen LogP contribution in [0.4, 0.5) is 4.39 Å². The lowest BCUT2D eigenvalue weighted by molar-refractivity contribution is 0.399. The van der Waals surface area contributed by atoms with E-state index in [-0.39, 0.29) is 11.9 Å². The van der Waals surface area contributed by atoms with Crippen LogP contribution in [0.1, 0.15) is 30.0 Å². The van der Waals surface area contributed by atoms with Gasteiger partial charge in [-0.1, -0.05) is 0 Å². The highest BCUT2D eigenvalue weighted by atomic mass is 19.1. The number of halogens is 1. The lowest BCUT2D eigenvalue weighted by Crippen LogP contribution is -2.18. The molecule has 0 fully saturated rings. The van der Waals surface area contributed by atoms with Crippen LogP contribution >= 0.6 is 0 Å². The third-order valence-electron chi connectivity index (χ3n) is 2.77. The minimum absolute atomic E-state index is 0.0386. The van der Waals surface area contributed by atoms with Crippen molar-refractivity contribution in [2.24, 2.45) is 5.73 Å². The van der Waals surface area contributed by atoms with Crippen molar-refractivity contribution in [3.63, 3.8) is 0 Å². The van der Waals surface area contributed by atoms with Crippen molar-refractivity contribution in [2.75, 3.05) is 7.11 Å². The lowest BCUT2D eigenvalue weighted by Gasteiger charge is -2.23. The van der Waals surface area contributed by atoms with Crippen molar-refractivity contribution < 1.29 is 9.13 Å². The largest absolute Gasteiger partial charge is 0.496 e. The van der Waals surface area contributed by atoms with Gasteiger partial charge in [0.25, 0.3) is 0 Å². The zero-order valence-corrected chi connectivity index (χ0v) is 8.22. The second-order valence-corrected chi connectivity index (χ2v) is 3.67. The average molecular weight is 195 g/mol. The topological polar surface area (TPSA) is 35.2 Å². The fourth-order valence-corrected chi connectivity index (χ4v) is 2.07. The summed E-state index contributed by atoms with van der Waals surface area (Å²) in [6.07, 6.45) is 2.92. The van der Waals surface area contributed by atoms with Crippen LogP contribution in [-0.4, -0.2) is 7.11 Å². The van der Waals surface area contributed by atoms with Crippen LogP contribution in [0.3, 0.4) is 0 Å². The Morgan fingerprint density at radius 3 is 3.00 bits per heavy atom. The van der Waals surface area contributed by atoms with Crippen molar-refractivity contribution in [2.45, 2.75) is 25.3 Å². The molecular formula is C11H14FNO. The van der Waals surface area contributed by atoms with E-state index >= 15 is 0 Å². The van der Waals surface area contributed by atoms with Crippen LogP contribution < -0.4 is 10.5 Å². The van der Waals surface area contributed by atoms with Crippen LogP contribution in [0.25, 0.3) is 0 Å². The van der Waals surface area contributed by atoms with E-state index in [4.69, 9.17) is 10.5 Å². The second kappa shape index (κ2) is 3.58. The number of benzene rings is 1. The van der Waals surface area contributed by atoms with Gasteiger partial charge in [-0.3, -0.25) is 0 Å². The Balaban J connectivity index is 2.54. The van der Waals surface area contributed by atoms with Gasteiger partial charge in [0.1, 0.15) is 11.6 Å². The van der Waals surface area contributed by atoms with E-state index < -0.39 is 0 Å². The molecule has 0 heterocycles. The zero-order valence-electron chi connectivity index (χ0n) is 8.22. The number of hydrogen-bond donors (Lipinski definition) is 1. The van der Waals surface area contributed by atoms with Gasteiger partial charge in [-0.2, -0.15) is 0 Å². The van der Waals surface area contributed by atoms with E-state index in [9.17, 15) is 4.39 Å². The van der Waals surface area contributed by atoms with Gasteiger partial charge >= 0.3 is 0 Å². The highest BCUT2D eigenvalue weighted by Gasteiger charge is 2.21. The molecule has 1 atom stereocenters. The third kappa shape index (κ3) is 1.48. The first-order valence-corrected chi connectivity index (χ1v) is 4.84. The van der Waals surface area contributed by atoms with Gasteiger partial charge in [0.15, 0.2) is 0 Å². The molecule has 14 heavy (non-hydrogen) atoms. The summed E-state index contributed by atoms with van der Waals surface area (Å²) in [5.41, 5.74) is 7.90. The van der Waals surface area contributed by atoms with E-state index in [1.54, 1.807) is 7.11 Å². The Labute approximate surface area is 82.9 Å². The Morgan fingerprint density at radius 1 is 1.50 bits per heavy atom. The minimum Gasteiger partial charge on any atom is -0.496 e. The summed E-state index contributed by atoms with van der Waals surface area (Å²) in [4.78, 5) is 0. The van der Waals surface area contributed by atoms with Gasteiger partial charge in [-0.05, 0) is 36.5 Å². The standard InChI is InChI=1S/C11H14FNO/c1-14-11-6-7(12)5-9-8(11)3-2-4-10(9)13/h5-6,10H,2-4,13H2,1H3. The van der Waals surface area contributed by atoms with Crippen molar-refractivity contribution in [1.29, 1.82) is 0 Å². The lowest BCUT2D eigenvalue weighted by atomic mass is 9.87. The van der Waals surface area contributed by atoms with E-state index in [0.29, 0.717) is 5.75 Å². The van der Waals surface area contributed by atoms with Crippen molar-refractivity contribution in [1.82, 2.24) is 0 Å². The Hall–Kier alpha value is -1.09. The van der Waals surface area contributed by atoms with Crippen LogP contribution in [0.2, 0.25) is 0 Å². The molecule has 1 aromatic rings. The number of nitrogens with two attached hydrogens (primary N) is 1. The van der Waals surface area contributed by atoms with Crippen molar-refractivity contribution in [3.8, 4) is 5.75 Å². The van der Waals surface area contributed by atoms with Gasteiger partial charge in [0.05, 0.1) is 7.11 Å². The van der Waals surface area contributed by atoms with Gasteiger partial charge in [-0.25, -0.2) is 4.39 Å². The molecule has 2 nitrogen and oxygen atoms in total. The smallest absolute Gasteiger partial charge is 0.127 e. The number of rotatable bonds is 1. The molecule has 3 heteroatoms. The van der Waals surface area contributed by atoms with Gasteiger partial charge in [0.2, 0.25) is 0 Å². The van der Waals surface area contributed by atoms with Crippen molar-refractivity contribution in [3.05, 3.63) is 29.1 Å². The SMILES string of the molecule is COc1cc(F)cc2c1CCCC2N. The fourth-order valence-electron chi connectivity index (χ4n) is 2.07. The van der Waals surface area contributed by atoms with Crippen LogP contribution in [0.15, 0.2) is 12.1 Å². The Morgan fingerprint density at radius 2 is 2.29 bits per heavy atom. The highest BCUT2D eigenvalue weighted by Crippen LogP contribution is 2.34. The summed E-state index contributed by atoms with van der Waals surface area (Å²) in [6.45, 7) is 0. The molecule has 0 saturated carbocycles. The maximum absolute atomic E-state index is 13.2. The molecule has 1 unspecified atom stereocenters. The molecule has 76 valence electrons. The first-order chi connectivity index (χ1) is 6.72. The molecule has 0 aliphatic heterocycles. The quantitative estimate of drug-likeness (QED) is 0.745. The first kappa shape index (κ1) is 9.46. The molecular weight excluding hydrogens is 181 g/mol.